The van der Waals surface area contributed by atoms with Gasteiger partial charge in [0, 0.05) is 12.3 Å². The molecule has 0 amide bonds. The number of hydrogen-bond donors (Lipinski definition) is 0. The summed E-state index contributed by atoms with van der Waals surface area (Å²) in [6, 6.07) is 0. The van der Waals surface area contributed by atoms with Gasteiger partial charge in [0.15, 0.2) is 0 Å². The Balaban J connectivity index is 3.31. The number of ketones is 1. The molecule has 0 fully saturated rings. The van der Waals surface area contributed by atoms with Crippen molar-refractivity contribution in [2.45, 2.75) is 46.5 Å². The summed E-state index contributed by atoms with van der Waals surface area (Å²) in [7, 11) is 0. The predicted molar refractivity (Wildman–Crippen MR) is 53.1 cm³/mol. The largest absolute Gasteiger partial charge is 0.299 e. The van der Waals surface area contributed by atoms with Gasteiger partial charge in [0.1, 0.15) is 5.78 Å². The van der Waals surface area contributed by atoms with Crippen LogP contribution in [0.2, 0.25) is 0 Å². The lowest BCUT2D eigenvalue weighted by Gasteiger charge is -2.01. The monoisotopic (exact) mass is 168 g/mol. The van der Waals surface area contributed by atoms with Crippen LogP contribution in [0.1, 0.15) is 46.5 Å². The summed E-state index contributed by atoms with van der Waals surface area (Å²) < 4.78 is 0. The van der Waals surface area contributed by atoms with E-state index in [1.165, 1.54) is 0 Å². The summed E-state index contributed by atoms with van der Waals surface area (Å²) in [5, 5.41) is 0. The van der Waals surface area contributed by atoms with Crippen molar-refractivity contribution in [3.63, 3.8) is 0 Å². The lowest BCUT2D eigenvalue weighted by atomic mass is 10.0. The molecule has 0 aliphatic heterocycles. The molecule has 70 valence electrons. The second-order valence-corrected chi connectivity index (χ2v) is 3.39. The molecule has 1 nitrogen and oxygen atoms in total. The van der Waals surface area contributed by atoms with Gasteiger partial charge in [-0.2, -0.15) is 0 Å². The Bertz CT molecular complexity index is 145. The van der Waals surface area contributed by atoms with Gasteiger partial charge < -0.3 is 0 Å². The van der Waals surface area contributed by atoms with Crippen molar-refractivity contribution in [2.24, 2.45) is 5.92 Å². The van der Waals surface area contributed by atoms with Gasteiger partial charge in [0.05, 0.1) is 0 Å². The molecule has 0 heterocycles. The van der Waals surface area contributed by atoms with E-state index < -0.39 is 0 Å². The molecule has 0 saturated heterocycles. The zero-order valence-corrected chi connectivity index (χ0v) is 8.47. The standard InChI is InChI=1S/C11H20O/c1-4-5-6-7-8-9-11(12)10(2)3/h5-6,10H,4,7-9H2,1-3H3/b6-5-. The SMILES string of the molecule is CC/C=C\CCCC(=O)C(C)C. The van der Waals surface area contributed by atoms with E-state index in [2.05, 4.69) is 19.1 Å². The zero-order valence-electron chi connectivity index (χ0n) is 8.47. The fourth-order valence-electron chi connectivity index (χ4n) is 0.967. The van der Waals surface area contributed by atoms with Crippen LogP contribution in [0.25, 0.3) is 0 Å². The molecular formula is C11H20O. The first-order valence-electron chi connectivity index (χ1n) is 4.86. The van der Waals surface area contributed by atoms with Crippen LogP contribution in [0.15, 0.2) is 12.2 Å². The van der Waals surface area contributed by atoms with Gasteiger partial charge in [-0.05, 0) is 19.3 Å². The Morgan fingerprint density at radius 3 is 2.50 bits per heavy atom. The van der Waals surface area contributed by atoms with Gasteiger partial charge in [-0.25, -0.2) is 0 Å². The van der Waals surface area contributed by atoms with Crippen LogP contribution in [0.4, 0.5) is 0 Å². The molecule has 0 aliphatic carbocycles. The molecule has 0 atom stereocenters. The number of carbonyl (C=O) groups is 1. The van der Waals surface area contributed by atoms with E-state index in [9.17, 15) is 4.79 Å². The Morgan fingerprint density at radius 1 is 1.33 bits per heavy atom. The summed E-state index contributed by atoms with van der Waals surface area (Å²) in [5.41, 5.74) is 0. The second-order valence-electron chi connectivity index (χ2n) is 3.39. The third-order valence-corrected chi connectivity index (χ3v) is 1.84. The van der Waals surface area contributed by atoms with Crippen molar-refractivity contribution in [2.75, 3.05) is 0 Å². The summed E-state index contributed by atoms with van der Waals surface area (Å²) in [4.78, 5) is 11.2. The molecule has 1 heteroatoms. The van der Waals surface area contributed by atoms with Crippen molar-refractivity contribution >= 4 is 5.78 Å². The van der Waals surface area contributed by atoms with E-state index in [1.54, 1.807) is 0 Å². The van der Waals surface area contributed by atoms with Crippen molar-refractivity contribution in [3.05, 3.63) is 12.2 Å². The molecule has 0 unspecified atom stereocenters. The molecule has 0 rings (SSSR count). The molecule has 12 heavy (non-hydrogen) atoms. The van der Waals surface area contributed by atoms with Crippen molar-refractivity contribution in [1.82, 2.24) is 0 Å². The molecule has 0 spiro atoms. The Hall–Kier alpha value is -0.590. The molecule has 0 N–H and O–H groups in total. The summed E-state index contributed by atoms with van der Waals surface area (Å²) in [5.74, 6) is 0.597. The van der Waals surface area contributed by atoms with Gasteiger partial charge in [-0.1, -0.05) is 32.9 Å². The minimum Gasteiger partial charge on any atom is -0.299 e. The minimum absolute atomic E-state index is 0.208. The van der Waals surface area contributed by atoms with Gasteiger partial charge >= 0.3 is 0 Å². The predicted octanol–water partition coefficient (Wildman–Crippen LogP) is 3.35. The van der Waals surface area contributed by atoms with Crippen molar-refractivity contribution in [3.8, 4) is 0 Å². The van der Waals surface area contributed by atoms with Gasteiger partial charge in [-0.15, -0.1) is 0 Å². The molecular weight excluding hydrogens is 148 g/mol. The third kappa shape index (κ3) is 6.14. The number of allylic oxidation sites excluding steroid dienone is 2. The summed E-state index contributed by atoms with van der Waals surface area (Å²) in [6.07, 6.45) is 8.21. The quantitative estimate of drug-likeness (QED) is 0.439. The lowest BCUT2D eigenvalue weighted by molar-refractivity contribution is -0.121. The number of rotatable bonds is 6. The van der Waals surface area contributed by atoms with E-state index in [4.69, 9.17) is 0 Å². The number of Topliss-reactive ketones (excluding diaryl/α,β-unsaturated/α-hetero) is 1. The number of hydrogen-bond acceptors (Lipinski definition) is 1. The number of carbonyl (C=O) groups excluding carboxylic acids is 1. The highest BCUT2D eigenvalue weighted by atomic mass is 16.1. The highest BCUT2D eigenvalue weighted by molar-refractivity contribution is 5.80. The molecule has 0 aromatic heterocycles. The molecule has 0 aromatic rings. The maximum Gasteiger partial charge on any atom is 0.135 e. The van der Waals surface area contributed by atoms with Crippen molar-refractivity contribution in [1.29, 1.82) is 0 Å². The fourth-order valence-corrected chi connectivity index (χ4v) is 0.967. The maximum atomic E-state index is 11.2. The Kier molecular flexibility index (Phi) is 6.73. The molecule has 0 aromatic carbocycles. The average Bonchev–Trinajstić information content (AvgIpc) is 2.03. The van der Waals surface area contributed by atoms with Crippen LogP contribution in [0, 0.1) is 5.92 Å². The van der Waals surface area contributed by atoms with E-state index in [-0.39, 0.29) is 5.92 Å². The number of unbranched alkanes of at least 4 members (excludes halogenated alkanes) is 1. The van der Waals surface area contributed by atoms with Gasteiger partial charge in [0.25, 0.3) is 0 Å². The highest BCUT2D eigenvalue weighted by Gasteiger charge is 2.04. The first-order chi connectivity index (χ1) is 5.68. The normalized spacial score (nSPS) is 11.3. The van der Waals surface area contributed by atoms with E-state index in [0.29, 0.717) is 5.78 Å². The lowest BCUT2D eigenvalue weighted by Crippen LogP contribution is -2.05. The zero-order chi connectivity index (χ0) is 9.40. The Labute approximate surface area is 75.9 Å². The summed E-state index contributed by atoms with van der Waals surface area (Å²) in [6.45, 7) is 6.05. The van der Waals surface area contributed by atoms with Crippen LogP contribution in [-0.4, -0.2) is 5.78 Å². The second kappa shape index (κ2) is 7.08. The molecule has 0 saturated carbocycles. The first-order valence-corrected chi connectivity index (χ1v) is 4.86. The first kappa shape index (κ1) is 11.4. The fraction of sp³-hybridized carbons (Fsp3) is 0.727. The smallest absolute Gasteiger partial charge is 0.135 e. The topological polar surface area (TPSA) is 17.1 Å². The van der Waals surface area contributed by atoms with E-state index in [0.717, 1.165) is 25.7 Å². The van der Waals surface area contributed by atoms with Crippen LogP contribution in [0.5, 0.6) is 0 Å². The summed E-state index contributed by atoms with van der Waals surface area (Å²) >= 11 is 0. The van der Waals surface area contributed by atoms with E-state index in [1.807, 2.05) is 13.8 Å². The Morgan fingerprint density at radius 2 is 2.00 bits per heavy atom. The van der Waals surface area contributed by atoms with Crippen LogP contribution in [0.3, 0.4) is 0 Å². The average molecular weight is 168 g/mol. The minimum atomic E-state index is 0.208. The molecule has 0 aliphatic rings. The van der Waals surface area contributed by atoms with Gasteiger partial charge in [0.2, 0.25) is 0 Å². The van der Waals surface area contributed by atoms with Crippen LogP contribution < -0.4 is 0 Å². The highest BCUT2D eigenvalue weighted by Crippen LogP contribution is 2.04. The molecule has 0 radical (unpaired) electrons. The van der Waals surface area contributed by atoms with E-state index >= 15 is 0 Å². The van der Waals surface area contributed by atoms with Crippen molar-refractivity contribution < 1.29 is 4.79 Å². The molecule has 0 bridgehead atoms. The third-order valence-electron chi connectivity index (χ3n) is 1.84. The van der Waals surface area contributed by atoms with Crippen LogP contribution >= 0.6 is 0 Å². The van der Waals surface area contributed by atoms with Gasteiger partial charge in [-0.3, -0.25) is 4.79 Å². The maximum absolute atomic E-state index is 11.2. The van der Waals surface area contributed by atoms with Crippen LogP contribution in [-0.2, 0) is 4.79 Å².